The highest BCUT2D eigenvalue weighted by Crippen LogP contribution is 2.37. The standard InChI is InChI=1S/C21H22N4O2S/c26-20(10-14-27-17-8-11-22-12-9-17)24-21-23-18(15-28-21)19-7-4-13-25(19)16-5-2-1-3-6-16/h1-3,5-6,8-9,11-12,15,19H,4,7,10,13-14H2,(H,23,24,26)/t19-/m1/s1. The molecule has 0 saturated carbocycles. The Kier molecular flexibility index (Phi) is 5.82. The minimum absolute atomic E-state index is 0.0960. The van der Waals surface area contributed by atoms with E-state index in [0.717, 1.165) is 25.1 Å². The van der Waals surface area contributed by atoms with Gasteiger partial charge in [-0.15, -0.1) is 11.3 Å². The first-order valence-electron chi connectivity index (χ1n) is 9.39. The first kappa shape index (κ1) is 18.4. The van der Waals surface area contributed by atoms with Crippen LogP contribution in [0.4, 0.5) is 10.8 Å². The minimum Gasteiger partial charge on any atom is -0.493 e. The maximum Gasteiger partial charge on any atom is 0.229 e. The van der Waals surface area contributed by atoms with Gasteiger partial charge < -0.3 is 15.0 Å². The molecule has 0 aliphatic carbocycles. The lowest BCUT2D eigenvalue weighted by molar-refractivity contribution is -0.116. The summed E-state index contributed by atoms with van der Waals surface area (Å²) in [5.74, 6) is 0.614. The molecule has 3 heterocycles. The number of nitrogens with zero attached hydrogens (tertiary/aromatic N) is 3. The highest BCUT2D eigenvalue weighted by Gasteiger charge is 2.28. The third-order valence-electron chi connectivity index (χ3n) is 4.70. The summed E-state index contributed by atoms with van der Waals surface area (Å²) in [7, 11) is 0. The van der Waals surface area contributed by atoms with E-state index >= 15 is 0 Å². The Bertz CT molecular complexity index is 901. The van der Waals surface area contributed by atoms with E-state index < -0.39 is 0 Å². The fourth-order valence-corrected chi connectivity index (χ4v) is 4.15. The van der Waals surface area contributed by atoms with Crippen LogP contribution in [0.3, 0.4) is 0 Å². The Morgan fingerprint density at radius 2 is 2.04 bits per heavy atom. The predicted molar refractivity (Wildman–Crippen MR) is 111 cm³/mol. The first-order valence-corrected chi connectivity index (χ1v) is 10.3. The molecule has 1 aliphatic rings. The van der Waals surface area contributed by atoms with E-state index in [1.807, 2.05) is 6.07 Å². The van der Waals surface area contributed by atoms with Crippen LogP contribution in [0.1, 0.15) is 31.0 Å². The number of aromatic nitrogens is 2. The Balaban J connectivity index is 1.32. The number of hydrogen-bond donors (Lipinski definition) is 1. The summed E-state index contributed by atoms with van der Waals surface area (Å²) >= 11 is 1.47. The molecule has 4 rings (SSSR count). The van der Waals surface area contributed by atoms with Crippen LogP contribution < -0.4 is 15.0 Å². The van der Waals surface area contributed by atoms with Crippen LogP contribution in [0.5, 0.6) is 5.75 Å². The molecule has 1 fully saturated rings. The fourth-order valence-electron chi connectivity index (χ4n) is 3.38. The van der Waals surface area contributed by atoms with Gasteiger partial charge in [0.15, 0.2) is 5.13 Å². The maximum atomic E-state index is 12.2. The lowest BCUT2D eigenvalue weighted by Gasteiger charge is -2.25. The lowest BCUT2D eigenvalue weighted by Crippen LogP contribution is -2.22. The molecule has 0 radical (unpaired) electrons. The number of benzene rings is 1. The smallest absolute Gasteiger partial charge is 0.229 e. The third kappa shape index (κ3) is 4.48. The molecule has 2 aromatic heterocycles. The maximum absolute atomic E-state index is 12.2. The van der Waals surface area contributed by atoms with Crippen molar-refractivity contribution in [1.29, 1.82) is 0 Å². The Morgan fingerprint density at radius 3 is 2.86 bits per heavy atom. The van der Waals surface area contributed by atoms with Crippen molar-refractivity contribution in [3.8, 4) is 5.75 Å². The Labute approximate surface area is 168 Å². The van der Waals surface area contributed by atoms with Crippen molar-refractivity contribution < 1.29 is 9.53 Å². The molecular formula is C21H22N4O2S. The molecule has 0 spiro atoms. The number of pyridine rings is 1. The molecule has 3 aromatic rings. The molecule has 1 amide bonds. The van der Waals surface area contributed by atoms with Crippen LogP contribution in [0, 0.1) is 0 Å². The van der Waals surface area contributed by atoms with Gasteiger partial charge >= 0.3 is 0 Å². The number of nitrogens with one attached hydrogen (secondary N) is 1. The van der Waals surface area contributed by atoms with Crippen molar-refractivity contribution >= 4 is 28.1 Å². The number of amides is 1. The number of anilines is 2. The number of hydrogen-bond acceptors (Lipinski definition) is 6. The first-order chi connectivity index (χ1) is 13.8. The highest BCUT2D eigenvalue weighted by atomic mass is 32.1. The number of thiazole rings is 1. The van der Waals surface area contributed by atoms with Crippen LogP contribution in [-0.4, -0.2) is 29.0 Å². The quantitative estimate of drug-likeness (QED) is 0.648. The molecule has 1 N–H and O–H groups in total. The van der Waals surface area contributed by atoms with Crippen molar-refractivity contribution in [2.24, 2.45) is 0 Å². The largest absolute Gasteiger partial charge is 0.493 e. The lowest BCUT2D eigenvalue weighted by atomic mass is 10.1. The van der Waals surface area contributed by atoms with Crippen LogP contribution in [0.2, 0.25) is 0 Å². The van der Waals surface area contributed by atoms with Crippen LogP contribution in [-0.2, 0) is 4.79 Å². The van der Waals surface area contributed by atoms with Gasteiger partial charge in [0.2, 0.25) is 5.91 Å². The van der Waals surface area contributed by atoms with Gasteiger partial charge in [-0.1, -0.05) is 18.2 Å². The summed E-state index contributed by atoms with van der Waals surface area (Å²) in [5.41, 5.74) is 2.24. The summed E-state index contributed by atoms with van der Waals surface area (Å²) in [6, 6.07) is 14.2. The molecule has 1 aromatic carbocycles. The van der Waals surface area contributed by atoms with Gasteiger partial charge in [-0.2, -0.15) is 0 Å². The van der Waals surface area contributed by atoms with Crippen molar-refractivity contribution in [2.45, 2.75) is 25.3 Å². The molecule has 1 saturated heterocycles. The zero-order valence-corrected chi connectivity index (χ0v) is 16.3. The second kappa shape index (κ2) is 8.84. The molecule has 7 heteroatoms. The molecule has 1 atom stereocenters. The molecular weight excluding hydrogens is 372 g/mol. The van der Waals surface area contributed by atoms with Crippen molar-refractivity contribution in [3.63, 3.8) is 0 Å². The highest BCUT2D eigenvalue weighted by molar-refractivity contribution is 7.13. The van der Waals surface area contributed by atoms with Crippen molar-refractivity contribution in [3.05, 3.63) is 65.9 Å². The van der Waals surface area contributed by atoms with Gasteiger partial charge in [0.1, 0.15) is 5.75 Å². The summed E-state index contributed by atoms with van der Waals surface area (Å²) in [6.07, 6.45) is 5.82. The van der Waals surface area contributed by atoms with Gasteiger partial charge in [-0.05, 0) is 37.1 Å². The number of rotatable bonds is 7. The van der Waals surface area contributed by atoms with Crippen LogP contribution >= 0.6 is 11.3 Å². The summed E-state index contributed by atoms with van der Waals surface area (Å²) in [6.45, 7) is 1.35. The molecule has 6 nitrogen and oxygen atoms in total. The number of ether oxygens (including phenoxy) is 1. The van der Waals surface area contributed by atoms with Gasteiger partial charge in [0, 0.05) is 30.0 Å². The molecule has 0 bridgehead atoms. The monoisotopic (exact) mass is 394 g/mol. The Morgan fingerprint density at radius 1 is 1.21 bits per heavy atom. The predicted octanol–water partition coefficient (Wildman–Crippen LogP) is 4.29. The average molecular weight is 395 g/mol. The van der Waals surface area contributed by atoms with Gasteiger partial charge in [0.05, 0.1) is 24.8 Å². The summed E-state index contributed by atoms with van der Waals surface area (Å²) in [5, 5.41) is 5.58. The average Bonchev–Trinajstić information content (AvgIpc) is 3.39. The van der Waals surface area contributed by atoms with Gasteiger partial charge in [0.25, 0.3) is 0 Å². The second-order valence-corrected chi connectivity index (χ2v) is 7.45. The number of carbonyl (C=O) groups is 1. The zero-order valence-electron chi connectivity index (χ0n) is 15.5. The molecule has 0 unspecified atom stereocenters. The van der Waals surface area contributed by atoms with E-state index in [4.69, 9.17) is 4.74 Å². The fraction of sp³-hybridized carbons (Fsp3) is 0.286. The number of carbonyl (C=O) groups excluding carboxylic acids is 1. The van der Waals surface area contributed by atoms with E-state index in [2.05, 4.69) is 49.8 Å². The van der Waals surface area contributed by atoms with Gasteiger partial charge in [-0.3, -0.25) is 9.78 Å². The zero-order chi connectivity index (χ0) is 19.2. The number of para-hydroxylation sites is 1. The SMILES string of the molecule is O=C(CCOc1ccncc1)Nc1nc([C@H]2CCCN2c2ccccc2)cs1. The topological polar surface area (TPSA) is 67.3 Å². The molecule has 28 heavy (non-hydrogen) atoms. The van der Waals surface area contributed by atoms with E-state index in [1.165, 1.54) is 17.0 Å². The normalized spacial score (nSPS) is 16.1. The summed E-state index contributed by atoms with van der Waals surface area (Å²) < 4.78 is 5.54. The third-order valence-corrected chi connectivity index (χ3v) is 5.47. The van der Waals surface area contributed by atoms with E-state index in [0.29, 0.717) is 17.5 Å². The second-order valence-electron chi connectivity index (χ2n) is 6.59. The molecule has 144 valence electrons. The van der Waals surface area contributed by atoms with E-state index in [9.17, 15) is 4.79 Å². The van der Waals surface area contributed by atoms with E-state index in [-0.39, 0.29) is 18.4 Å². The van der Waals surface area contributed by atoms with Crippen molar-refractivity contribution in [2.75, 3.05) is 23.4 Å². The Hall–Kier alpha value is -2.93. The van der Waals surface area contributed by atoms with Gasteiger partial charge in [-0.25, -0.2) is 4.98 Å². The van der Waals surface area contributed by atoms with Crippen LogP contribution in [0.25, 0.3) is 0 Å². The molecule has 1 aliphatic heterocycles. The van der Waals surface area contributed by atoms with Crippen LogP contribution in [0.15, 0.2) is 60.2 Å². The minimum atomic E-state index is -0.0960. The van der Waals surface area contributed by atoms with Crippen molar-refractivity contribution in [1.82, 2.24) is 9.97 Å². The van der Waals surface area contributed by atoms with E-state index in [1.54, 1.807) is 24.5 Å². The summed E-state index contributed by atoms with van der Waals surface area (Å²) in [4.78, 5) is 23.2.